The lowest BCUT2D eigenvalue weighted by Crippen LogP contribution is -2.20. The van der Waals surface area contributed by atoms with Gasteiger partial charge in [0.1, 0.15) is 0 Å². The number of hydrogen-bond acceptors (Lipinski definition) is 5. The van der Waals surface area contributed by atoms with E-state index in [1.54, 1.807) is 25.2 Å². The Labute approximate surface area is 163 Å². The van der Waals surface area contributed by atoms with Crippen molar-refractivity contribution in [2.45, 2.75) is 9.79 Å². The Hall–Kier alpha value is -2.80. The lowest BCUT2D eigenvalue weighted by Gasteiger charge is -2.20. The van der Waals surface area contributed by atoms with Gasteiger partial charge in [0.2, 0.25) is 0 Å². The smallest absolute Gasteiger partial charge is 0.253 e. The normalized spacial score (nSPS) is 11.4. The molecule has 2 N–H and O–H groups in total. The van der Waals surface area contributed by atoms with Gasteiger partial charge in [-0.25, -0.2) is 4.21 Å². The number of nitrogens with one attached hydrogen (secondary N) is 2. The summed E-state index contributed by atoms with van der Waals surface area (Å²) in [6.07, 6.45) is 1.48. The lowest BCUT2D eigenvalue weighted by molar-refractivity contribution is 0.0963. The average molecular weight is 387 g/mol. The fourth-order valence-electron chi connectivity index (χ4n) is 2.58. The number of benzene rings is 2. The van der Waals surface area contributed by atoms with Gasteiger partial charge in [-0.2, -0.15) is 0 Å². The number of amides is 1. The average Bonchev–Trinajstić information content (AvgIpc) is 2.66. The van der Waals surface area contributed by atoms with Crippen molar-refractivity contribution < 1.29 is 9.00 Å². The third kappa shape index (κ3) is 4.49. The predicted molar refractivity (Wildman–Crippen MR) is 113 cm³/mol. The van der Waals surface area contributed by atoms with E-state index in [4.69, 9.17) is 0 Å². The van der Waals surface area contributed by atoms with E-state index >= 15 is 0 Å². The highest BCUT2D eigenvalue weighted by Crippen LogP contribution is 2.32. The number of para-hydroxylation sites is 1. The zero-order valence-electron chi connectivity index (χ0n) is 16.4. The van der Waals surface area contributed by atoms with Gasteiger partial charge in [-0.15, -0.1) is 0 Å². The summed E-state index contributed by atoms with van der Waals surface area (Å²) in [5.74, 6) is -0.255. The van der Waals surface area contributed by atoms with Gasteiger partial charge < -0.3 is 20.4 Å². The highest BCUT2D eigenvalue weighted by molar-refractivity contribution is 7.85. The third-order valence-electron chi connectivity index (χ3n) is 4.07. The maximum Gasteiger partial charge on any atom is 0.253 e. The van der Waals surface area contributed by atoms with Crippen LogP contribution >= 0.6 is 0 Å². The number of nitrogens with zero attached hydrogens (tertiary/aromatic N) is 2. The van der Waals surface area contributed by atoms with Crippen LogP contribution in [0.2, 0.25) is 0 Å². The van der Waals surface area contributed by atoms with E-state index in [-0.39, 0.29) is 5.91 Å². The Morgan fingerprint density at radius 3 is 2.15 bits per heavy atom. The first-order valence-corrected chi connectivity index (χ1v) is 9.59. The number of carbonyl (C=O) groups is 1. The summed E-state index contributed by atoms with van der Waals surface area (Å²) < 4.78 is 13.4. The molecule has 0 spiro atoms. The summed E-state index contributed by atoms with van der Waals surface area (Å²) in [5, 5.41) is 5.58. The van der Waals surface area contributed by atoms with Crippen LogP contribution in [0.5, 0.6) is 0 Å². The molecule has 0 aliphatic rings. The molecule has 0 saturated heterocycles. The monoisotopic (exact) mass is 386 g/mol. The minimum Gasteiger partial charge on any atom is -0.378 e. The van der Waals surface area contributed by atoms with E-state index < -0.39 is 10.8 Å². The zero-order valence-corrected chi connectivity index (χ0v) is 17.2. The number of anilines is 3. The molecule has 27 heavy (non-hydrogen) atoms. The van der Waals surface area contributed by atoms with Gasteiger partial charge in [0.25, 0.3) is 5.91 Å². The summed E-state index contributed by atoms with van der Waals surface area (Å²) >= 11 is 0. The molecule has 7 heteroatoms. The van der Waals surface area contributed by atoms with E-state index in [9.17, 15) is 9.00 Å². The van der Waals surface area contributed by atoms with E-state index in [0.717, 1.165) is 11.4 Å². The summed E-state index contributed by atoms with van der Waals surface area (Å²) in [6, 6.07) is 11.0. The van der Waals surface area contributed by atoms with Crippen LogP contribution in [-0.4, -0.2) is 45.4 Å². The molecular formula is C20H26N4O2S. The molecule has 0 radical (unpaired) electrons. The van der Waals surface area contributed by atoms with Gasteiger partial charge in [0.05, 0.1) is 26.9 Å². The standard InChI is InChI=1S/C20H26N4O2S/c1-7-22-19-17(20(25)21-2)9-8-10-18(19)27(26)16-12-14(23(3)4)11-15(13-16)24(5)6/h7-13,22H,1H2,2-6H3,(H,21,25). The van der Waals surface area contributed by atoms with E-state index in [1.165, 1.54) is 6.20 Å². The number of rotatable bonds is 7. The van der Waals surface area contributed by atoms with Crippen molar-refractivity contribution in [1.82, 2.24) is 5.32 Å². The molecule has 1 amide bonds. The summed E-state index contributed by atoms with van der Waals surface area (Å²) in [7, 11) is 7.85. The molecule has 0 aliphatic carbocycles. The van der Waals surface area contributed by atoms with Gasteiger partial charge in [0.15, 0.2) is 0 Å². The Morgan fingerprint density at radius 1 is 1.07 bits per heavy atom. The minimum absolute atomic E-state index is 0.255. The second kappa shape index (κ2) is 8.73. The van der Waals surface area contributed by atoms with Crippen molar-refractivity contribution >= 4 is 33.8 Å². The number of hydrogen-bond donors (Lipinski definition) is 2. The van der Waals surface area contributed by atoms with E-state index in [2.05, 4.69) is 17.2 Å². The fourth-order valence-corrected chi connectivity index (χ4v) is 3.84. The van der Waals surface area contributed by atoms with Gasteiger partial charge in [-0.3, -0.25) is 4.79 Å². The molecule has 6 nitrogen and oxygen atoms in total. The summed E-state index contributed by atoms with van der Waals surface area (Å²) in [4.78, 5) is 17.3. The van der Waals surface area contributed by atoms with Crippen LogP contribution in [0.3, 0.4) is 0 Å². The molecule has 1 unspecified atom stereocenters. The van der Waals surface area contributed by atoms with Crippen molar-refractivity contribution in [3.63, 3.8) is 0 Å². The SMILES string of the molecule is C=CNc1c(C(=O)NC)cccc1S(=O)c1cc(N(C)C)cc(N(C)C)c1. The molecule has 0 bridgehead atoms. The lowest BCUT2D eigenvalue weighted by atomic mass is 10.1. The quantitative estimate of drug-likeness (QED) is 0.766. The second-order valence-corrected chi connectivity index (χ2v) is 7.80. The maximum absolute atomic E-state index is 13.4. The Morgan fingerprint density at radius 2 is 1.67 bits per heavy atom. The molecule has 2 aromatic carbocycles. The Bertz CT molecular complexity index is 852. The van der Waals surface area contributed by atoms with Crippen LogP contribution in [0.15, 0.2) is 59.0 Å². The van der Waals surface area contributed by atoms with Crippen LogP contribution in [0.1, 0.15) is 10.4 Å². The topological polar surface area (TPSA) is 64.7 Å². The first-order chi connectivity index (χ1) is 12.8. The van der Waals surface area contributed by atoms with Crippen molar-refractivity contribution in [2.75, 3.05) is 50.4 Å². The maximum atomic E-state index is 13.4. The number of carbonyl (C=O) groups excluding carboxylic acids is 1. The molecule has 0 fully saturated rings. The zero-order chi connectivity index (χ0) is 20.1. The molecular weight excluding hydrogens is 360 g/mol. The van der Waals surface area contributed by atoms with Crippen LogP contribution in [0, 0.1) is 0 Å². The molecule has 2 rings (SSSR count). The van der Waals surface area contributed by atoms with Crippen molar-refractivity contribution in [3.05, 3.63) is 54.7 Å². The molecule has 0 heterocycles. The summed E-state index contributed by atoms with van der Waals surface area (Å²) in [6.45, 7) is 3.67. The van der Waals surface area contributed by atoms with E-state index in [1.807, 2.05) is 56.2 Å². The first-order valence-electron chi connectivity index (χ1n) is 8.44. The van der Waals surface area contributed by atoms with Crippen LogP contribution in [0.25, 0.3) is 0 Å². The molecule has 0 saturated carbocycles. The van der Waals surface area contributed by atoms with Crippen molar-refractivity contribution in [1.29, 1.82) is 0 Å². The van der Waals surface area contributed by atoms with Crippen molar-refractivity contribution in [3.8, 4) is 0 Å². The minimum atomic E-state index is -1.49. The fraction of sp³-hybridized carbons (Fsp3) is 0.250. The van der Waals surface area contributed by atoms with Gasteiger partial charge >= 0.3 is 0 Å². The molecule has 2 aromatic rings. The Balaban J connectivity index is 2.64. The molecule has 144 valence electrons. The third-order valence-corrected chi connectivity index (χ3v) is 5.47. The molecule has 1 atom stereocenters. The second-order valence-electron chi connectivity index (χ2n) is 6.35. The van der Waals surface area contributed by atoms with Gasteiger partial charge in [-0.1, -0.05) is 12.6 Å². The largest absolute Gasteiger partial charge is 0.378 e. The van der Waals surface area contributed by atoms with Crippen LogP contribution < -0.4 is 20.4 Å². The highest BCUT2D eigenvalue weighted by atomic mass is 32.2. The molecule has 0 aliphatic heterocycles. The van der Waals surface area contributed by atoms with Gasteiger partial charge in [-0.05, 0) is 36.5 Å². The molecule has 0 aromatic heterocycles. The van der Waals surface area contributed by atoms with Gasteiger partial charge in [0, 0.05) is 51.5 Å². The van der Waals surface area contributed by atoms with Crippen LogP contribution in [-0.2, 0) is 10.8 Å². The van der Waals surface area contributed by atoms with E-state index in [0.29, 0.717) is 21.0 Å². The highest BCUT2D eigenvalue weighted by Gasteiger charge is 2.19. The first kappa shape index (κ1) is 20.5. The van der Waals surface area contributed by atoms with Crippen molar-refractivity contribution in [2.24, 2.45) is 0 Å². The van der Waals surface area contributed by atoms with Crippen LogP contribution in [0.4, 0.5) is 17.1 Å². The predicted octanol–water partition coefficient (Wildman–Crippen LogP) is 2.90. The Kier molecular flexibility index (Phi) is 6.63. The summed E-state index contributed by atoms with van der Waals surface area (Å²) in [5.41, 5.74) is 2.81.